The van der Waals surface area contributed by atoms with Crippen LogP contribution in [0.25, 0.3) is 0 Å². The van der Waals surface area contributed by atoms with Crippen LogP contribution in [0.15, 0.2) is 12.1 Å². The molecule has 20 heavy (non-hydrogen) atoms. The molecule has 108 valence electrons. The van der Waals surface area contributed by atoms with Gasteiger partial charge in [0.2, 0.25) is 0 Å². The molecule has 1 N–H and O–H groups in total. The van der Waals surface area contributed by atoms with Crippen molar-refractivity contribution in [1.29, 1.82) is 0 Å². The fourth-order valence-electron chi connectivity index (χ4n) is 4.86. The Bertz CT molecular complexity index is 592. The second-order valence-corrected chi connectivity index (χ2v) is 7.49. The molecular formula is C17H22O3. The second-order valence-electron chi connectivity index (χ2n) is 7.49. The lowest BCUT2D eigenvalue weighted by Gasteiger charge is -2.50. The molecule has 0 spiro atoms. The Hall–Kier alpha value is -1.22. The van der Waals surface area contributed by atoms with Crippen molar-refractivity contribution in [2.75, 3.05) is 0 Å². The van der Waals surface area contributed by atoms with Crippen molar-refractivity contribution < 1.29 is 14.6 Å². The Morgan fingerprint density at radius 1 is 1.25 bits per heavy atom. The van der Waals surface area contributed by atoms with Crippen LogP contribution in [-0.4, -0.2) is 16.8 Å². The zero-order valence-electron chi connectivity index (χ0n) is 12.6. The van der Waals surface area contributed by atoms with E-state index in [1.54, 1.807) is 0 Å². The summed E-state index contributed by atoms with van der Waals surface area (Å²) >= 11 is 0. The van der Waals surface area contributed by atoms with Gasteiger partial charge in [-0.25, -0.2) is 0 Å². The van der Waals surface area contributed by atoms with Crippen LogP contribution >= 0.6 is 0 Å². The normalized spacial score (nSPS) is 40.1. The summed E-state index contributed by atoms with van der Waals surface area (Å²) in [5, 5.41) is 10.4. The molecule has 4 rings (SSSR count). The molecule has 1 saturated heterocycles. The van der Waals surface area contributed by atoms with E-state index in [0.29, 0.717) is 11.7 Å². The lowest BCUT2D eigenvalue weighted by Crippen LogP contribution is -2.54. The Morgan fingerprint density at radius 3 is 2.75 bits per heavy atom. The first-order valence-electron chi connectivity index (χ1n) is 7.51. The molecule has 1 aromatic rings. The number of benzene rings is 1. The Balaban J connectivity index is 1.95. The number of hydrogen-bond acceptors (Lipinski definition) is 3. The van der Waals surface area contributed by atoms with E-state index in [2.05, 4.69) is 20.8 Å². The highest BCUT2D eigenvalue weighted by atomic mass is 16.5. The van der Waals surface area contributed by atoms with Crippen LogP contribution in [0, 0.1) is 18.3 Å². The summed E-state index contributed by atoms with van der Waals surface area (Å²) in [6.07, 6.45) is 2.29. The standard InChI is InChI=1S/C17H22O3/c1-9-7-10(18)13-11(8-9)20-17(4)6-5-12-16(2,3)15(17)14(13)19-12/h7-8,12,14-15,18H,5-6H2,1-4H3/t12-,14+,15-,17+/m1/s1. The number of aromatic hydroxyl groups is 1. The number of phenolic OH excluding ortho intramolecular Hbond substituents is 1. The van der Waals surface area contributed by atoms with Crippen LogP contribution in [0.1, 0.15) is 50.8 Å². The predicted octanol–water partition coefficient (Wildman–Crippen LogP) is 3.73. The fraction of sp³-hybridized carbons (Fsp3) is 0.647. The van der Waals surface area contributed by atoms with Crippen LogP contribution in [-0.2, 0) is 4.74 Å². The van der Waals surface area contributed by atoms with Gasteiger partial charge in [0.05, 0.1) is 17.8 Å². The van der Waals surface area contributed by atoms with Crippen LogP contribution in [0.5, 0.6) is 11.5 Å². The van der Waals surface area contributed by atoms with Gasteiger partial charge < -0.3 is 14.6 Å². The molecular weight excluding hydrogens is 252 g/mol. The lowest BCUT2D eigenvalue weighted by molar-refractivity contribution is -0.0710. The molecule has 2 heterocycles. The van der Waals surface area contributed by atoms with Gasteiger partial charge in [0, 0.05) is 11.3 Å². The number of rotatable bonds is 0. The van der Waals surface area contributed by atoms with E-state index in [-0.39, 0.29) is 23.2 Å². The highest BCUT2D eigenvalue weighted by Gasteiger charge is 2.65. The molecule has 3 aliphatic rings. The Labute approximate surface area is 119 Å². The van der Waals surface area contributed by atoms with E-state index >= 15 is 0 Å². The molecule has 0 radical (unpaired) electrons. The summed E-state index contributed by atoms with van der Waals surface area (Å²) in [4.78, 5) is 0. The highest BCUT2D eigenvalue weighted by Crippen LogP contribution is 2.65. The molecule has 1 saturated carbocycles. The predicted molar refractivity (Wildman–Crippen MR) is 76.0 cm³/mol. The van der Waals surface area contributed by atoms with E-state index in [4.69, 9.17) is 9.47 Å². The van der Waals surface area contributed by atoms with E-state index in [1.807, 2.05) is 19.1 Å². The SMILES string of the molecule is Cc1cc(O)c2c(c1)O[C@@]1(C)CC[C@H]3O[C@@H]2[C@@H]1C3(C)C. The van der Waals surface area contributed by atoms with Gasteiger partial charge in [-0.1, -0.05) is 13.8 Å². The minimum absolute atomic E-state index is 0.0353. The molecule has 0 amide bonds. The van der Waals surface area contributed by atoms with E-state index in [9.17, 15) is 5.11 Å². The molecule has 0 aromatic heterocycles. The zero-order valence-corrected chi connectivity index (χ0v) is 12.6. The maximum absolute atomic E-state index is 10.4. The molecule has 3 heteroatoms. The zero-order chi connectivity index (χ0) is 14.3. The van der Waals surface area contributed by atoms with Crippen LogP contribution in [0.3, 0.4) is 0 Å². The quantitative estimate of drug-likeness (QED) is 0.783. The monoisotopic (exact) mass is 274 g/mol. The van der Waals surface area contributed by atoms with Crippen molar-refractivity contribution in [2.45, 2.75) is 58.3 Å². The number of phenols is 1. The third kappa shape index (κ3) is 1.34. The van der Waals surface area contributed by atoms with Gasteiger partial charge in [-0.2, -0.15) is 0 Å². The molecule has 4 atom stereocenters. The number of ether oxygens (including phenoxy) is 2. The van der Waals surface area contributed by atoms with Crippen molar-refractivity contribution in [1.82, 2.24) is 0 Å². The third-order valence-electron chi connectivity index (χ3n) is 5.70. The van der Waals surface area contributed by atoms with Gasteiger partial charge in [0.25, 0.3) is 0 Å². The average molecular weight is 274 g/mol. The molecule has 2 bridgehead atoms. The Morgan fingerprint density at radius 2 is 2.00 bits per heavy atom. The fourth-order valence-corrected chi connectivity index (χ4v) is 4.86. The highest BCUT2D eigenvalue weighted by molar-refractivity contribution is 5.51. The first kappa shape index (κ1) is 12.5. The third-order valence-corrected chi connectivity index (χ3v) is 5.70. The summed E-state index contributed by atoms with van der Waals surface area (Å²) in [5.41, 5.74) is 1.78. The minimum Gasteiger partial charge on any atom is -0.507 e. The van der Waals surface area contributed by atoms with Crippen molar-refractivity contribution in [2.24, 2.45) is 11.3 Å². The van der Waals surface area contributed by atoms with Crippen molar-refractivity contribution in [3.8, 4) is 11.5 Å². The van der Waals surface area contributed by atoms with Gasteiger partial charge in [-0.05, 0) is 44.4 Å². The smallest absolute Gasteiger partial charge is 0.129 e. The minimum atomic E-state index is -0.186. The van der Waals surface area contributed by atoms with Crippen molar-refractivity contribution >= 4 is 0 Å². The van der Waals surface area contributed by atoms with E-state index < -0.39 is 0 Å². The molecule has 0 unspecified atom stereocenters. The Kier molecular flexibility index (Phi) is 2.19. The van der Waals surface area contributed by atoms with Crippen LogP contribution in [0.4, 0.5) is 0 Å². The van der Waals surface area contributed by atoms with Crippen molar-refractivity contribution in [3.05, 3.63) is 23.3 Å². The van der Waals surface area contributed by atoms with Gasteiger partial charge in [-0.3, -0.25) is 0 Å². The maximum Gasteiger partial charge on any atom is 0.129 e. The van der Waals surface area contributed by atoms with E-state index in [1.165, 1.54) is 0 Å². The van der Waals surface area contributed by atoms with Gasteiger partial charge in [-0.15, -0.1) is 0 Å². The van der Waals surface area contributed by atoms with E-state index in [0.717, 1.165) is 29.7 Å². The average Bonchev–Trinajstić information content (AvgIpc) is 2.50. The second kappa shape index (κ2) is 3.51. The number of fused-ring (bicyclic) bond motifs is 3. The summed E-state index contributed by atoms with van der Waals surface area (Å²) in [6.45, 7) is 8.74. The number of aryl methyl sites for hydroxylation is 1. The maximum atomic E-state index is 10.4. The first-order valence-corrected chi connectivity index (χ1v) is 7.51. The van der Waals surface area contributed by atoms with Crippen LogP contribution in [0.2, 0.25) is 0 Å². The summed E-state index contributed by atoms with van der Waals surface area (Å²) < 4.78 is 12.7. The largest absolute Gasteiger partial charge is 0.507 e. The van der Waals surface area contributed by atoms with Crippen molar-refractivity contribution in [3.63, 3.8) is 0 Å². The van der Waals surface area contributed by atoms with Gasteiger partial charge >= 0.3 is 0 Å². The number of hydrogen-bond donors (Lipinski definition) is 1. The lowest BCUT2D eigenvalue weighted by atomic mass is 9.59. The first-order chi connectivity index (χ1) is 9.33. The van der Waals surface area contributed by atoms with Gasteiger partial charge in [0.15, 0.2) is 0 Å². The molecule has 1 aromatic carbocycles. The topological polar surface area (TPSA) is 38.7 Å². The van der Waals surface area contributed by atoms with Gasteiger partial charge in [0.1, 0.15) is 17.1 Å². The molecule has 2 aliphatic heterocycles. The summed E-state index contributed by atoms with van der Waals surface area (Å²) in [6, 6.07) is 3.84. The molecule has 2 fully saturated rings. The molecule has 3 nitrogen and oxygen atoms in total. The summed E-state index contributed by atoms with van der Waals surface area (Å²) in [5.74, 6) is 1.43. The molecule has 1 aliphatic carbocycles. The van der Waals surface area contributed by atoms with Crippen LogP contribution < -0.4 is 4.74 Å². The summed E-state index contributed by atoms with van der Waals surface area (Å²) in [7, 11) is 0.